The second kappa shape index (κ2) is 7.65. The molecule has 2 nitrogen and oxygen atoms in total. The van der Waals surface area contributed by atoms with Crippen LogP contribution >= 0.6 is 47.8 Å². The maximum atomic E-state index is 5.38. The Morgan fingerprint density at radius 2 is 1.67 bits per heavy atom. The SMILES string of the molecule is COc1cc(Br)c(C(Br)Cc2cccc(Br)c2)cc1OC. The van der Waals surface area contributed by atoms with E-state index >= 15 is 0 Å². The summed E-state index contributed by atoms with van der Waals surface area (Å²) in [7, 11) is 3.28. The molecule has 2 aromatic carbocycles. The van der Waals surface area contributed by atoms with Crippen LogP contribution in [0.3, 0.4) is 0 Å². The predicted octanol–water partition coefficient (Wildman–Crippen LogP) is 5.91. The number of ether oxygens (including phenoxy) is 2. The van der Waals surface area contributed by atoms with Crippen LogP contribution in [0, 0.1) is 0 Å². The first-order valence-electron chi connectivity index (χ1n) is 6.35. The third kappa shape index (κ3) is 4.24. The largest absolute Gasteiger partial charge is 0.493 e. The molecule has 0 heterocycles. The summed E-state index contributed by atoms with van der Waals surface area (Å²) in [5.74, 6) is 1.45. The molecule has 0 aliphatic rings. The molecule has 2 rings (SSSR count). The van der Waals surface area contributed by atoms with Gasteiger partial charge in [-0.25, -0.2) is 0 Å². The third-order valence-corrected chi connectivity index (χ3v) is 5.14. The van der Waals surface area contributed by atoms with E-state index in [0.717, 1.165) is 32.4 Å². The van der Waals surface area contributed by atoms with E-state index in [1.165, 1.54) is 5.56 Å². The van der Waals surface area contributed by atoms with E-state index in [4.69, 9.17) is 9.47 Å². The summed E-state index contributed by atoms with van der Waals surface area (Å²) >= 11 is 10.9. The lowest BCUT2D eigenvalue weighted by atomic mass is 10.0. The lowest BCUT2D eigenvalue weighted by Gasteiger charge is -2.16. The van der Waals surface area contributed by atoms with E-state index in [0.29, 0.717) is 0 Å². The van der Waals surface area contributed by atoms with Crippen molar-refractivity contribution in [3.8, 4) is 11.5 Å². The minimum absolute atomic E-state index is 0.181. The van der Waals surface area contributed by atoms with Crippen molar-refractivity contribution in [2.75, 3.05) is 14.2 Å². The molecule has 5 heteroatoms. The molecule has 0 fully saturated rings. The fraction of sp³-hybridized carbons (Fsp3) is 0.250. The van der Waals surface area contributed by atoms with Crippen molar-refractivity contribution in [1.29, 1.82) is 0 Å². The Kier molecular flexibility index (Phi) is 6.14. The van der Waals surface area contributed by atoms with Crippen LogP contribution in [0.15, 0.2) is 45.3 Å². The van der Waals surface area contributed by atoms with Gasteiger partial charge in [0.25, 0.3) is 0 Å². The lowest BCUT2D eigenvalue weighted by molar-refractivity contribution is 0.354. The van der Waals surface area contributed by atoms with Crippen molar-refractivity contribution in [3.05, 3.63) is 56.5 Å². The molecular formula is C16H15Br3O2. The van der Waals surface area contributed by atoms with Gasteiger partial charge in [-0.05, 0) is 41.8 Å². The number of hydrogen-bond acceptors (Lipinski definition) is 2. The standard InChI is InChI=1S/C16H15Br3O2/c1-20-15-8-12(14(19)9-16(15)21-2)13(18)7-10-4-3-5-11(17)6-10/h3-6,8-9,13H,7H2,1-2H3. The monoisotopic (exact) mass is 476 g/mol. The van der Waals surface area contributed by atoms with Crippen molar-refractivity contribution in [2.24, 2.45) is 0 Å². The van der Waals surface area contributed by atoms with Crippen LogP contribution in [-0.4, -0.2) is 14.2 Å². The Balaban J connectivity index is 2.28. The Hall–Kier alpha value is -0.520. The fourth-order valence-electron chi connectivity index (χ4n) is 2.09. The van der Waals surface area contributed by atoms with Crippen molar-refractivity contribution < 1.29 is 9.47 Å². The predicted molar refractivity (Wildman–Crippen MR) is 96.8 cm³/mol. The molecule has 112 valence electrons. The average molecular weight is 479 g/mol. The third-order valence-electron chi connectivity index (χ3n) is 3.14. The van der Waals surface area contributed by atoms with Gasteiger partial charge in [0.15, 0.2) is 11.5 Å². The minimum Gasteiger partial charge on any atom is -0.493 e. The van der Waals surface area contributed by atoms with Gasteiger partial charge in [-0.15, -0.1) is 0 Å². The highest BCUT2D eigenvalue weighted by atomic mass is 79.9. The fourth-order valence-corrected chi connectivity index (χ4v) is 4.20. The molecule has 0 spiro atoms. The number of alkyl halides is 1. The highest BCUT2D eigenvalue weighted by Gasteiger charge is 2.16. The number of halogens is 3. The Morgan fingerprint density at radius 3 is 2.29 bits per heavy atom. The zero-order chi connectivity index (χ0) is 15.4. The topological polar surface area (TPSA) is 18.5 Å². The van der Waals surface area contributed by atoms with Crippen LogP contribution in [-0.2, 0) is 6.42 Å². The molecule has 1 unspecified atom stereocenters. The second-order valence-electron chi connectivity index (χ2n) is 4.53. The van der Waals surface area contributed by atoms with Crippen LogP contribution in [0.1, 0.15) is 16.0 Å². The number of methoxy groups -OCH3 is 2. The zero-order valence-corrected chi connectivity index (χ0v) is 16.5. The van der Waals surface area contributed by atoms with Crippen LogP contribution in [0.25, 0.3) is 0 Å². The maximum absolute atomic E-state index is 5.38. The summed E-state index contributed by atoms with van der Waals surface area (Å²) in [6.45, 7) is 0. The second-order valence-corrected chi connectivity index (χ2v) is 7.41. The molecule has 0 saturated heterocycles. The van der Waals surface area contributed by atoms with Gasteiger partial charge in [0.1, 0.15) is 0 Å². The summed E-state index contributed by atoms with van der Waals surface area (Å²) in [4.78, 5) is 0.181. The molecule has 0 aliphatic carbocycles. The minimum atomic E-state index is 0.181. The van der Waals surface area contributed by atoms with Gasteiger partial charge in [0.2, 0.25) is 0 Å². The van der Waals surface area contributed by atoms with Crippen LogP contribution in [0.5, 0.6) is 11.5 Å². The Morgan fingerprint density at radius 1 is 1.00 bits per heavy atom. The summed E-state index contributed by atoms with van der Waals surface area (Å²) in [6.07, 6.45) is 0.882. The van der Waals surface area contributed by atoms with E-state index in [-0.39, 0.29) is 4.83 Å². The van der Waals surface area contributed by atoms with E-state index in [2.05, 4.69) is 59.9 Å². The molecule has 0 saturated carbocycles. The van der Waals surface area contributed by atoms with Crippen LogP contribution < -0.4 is 9.47 Å². The van der Waals surface area contributed by atoms with E-state index < -0.39 is 0 Å². The smallest absolute Gasteiger partial charge is 0.161 e. The van der Waals surface area contributed by atoms with Crippen molar-refractivity contribution in [1.82, 2.24) is 0 Å². The van der Waals surface area contributed by atoms with Gasteiger partial charge in [0.05, 0.1) is 14.2 Å². The van der Waals surface area contributed by atoms with Crippen molar-refractivity contribution in [2.45, 2.75) is 11.2 Å². The number of hydrogen-bond donors (Lipinski definition) is 0. The molecule has 0 bridgehead atoms. The quantitative estimate of drug-likeness (QED) is 0.497. The molecule has 0 aliphatic heterocycles. The van der Waals surface area contributed by atoms with Gasteiger partial charge in [-0.3, -0.25) is 0 Å². The van der Waals surface area contributed by atoms with Gasteiger partial charge in [-0.2, -0.15) is 0 Å². The molecule has 0 aromatic heterocycles. The molecular weight excluding hydrogens is 464 g/mol. The van der Waals surface area contributed by atoms with E-state index in [1.54, 1.807) is 14.2 Å². The van der Waals surface area contributed by atoms with Gasteiger partial charge >= 0.3 is 0 Å². The molecule has 1 atom stereocenters. The van der Waals surface area contributed by atoms with Gasteiger partial charge in [0, 0.05) is 13.8 Å². The summed E-state index contributed by atoms with van der Waals surface area (Å²) in [6, 6.07) is 12.3. The molecule has 21 heavy (non-hydrogen) atoms. The van der Waals surface area contributed by atoms with E-state index in [9.17, 15) is 0 Å². The first kappa shape index (κ1) is 16.8. The van der Waals surface area contributed by atoms with Gasteiger partial charge < -0.3 is 9.47 Å². The van der Waals surface area contributed by atoms with E-state index in [1.807, 2.05) is 24.3 Å². The first-order chi connectivity index (χ1) is 10.0. The Labute approximate surface area is 150 Å². The average Bonchev–Trinajstić information content (AvgIpc) is 2.46. The highest BCUT2D eigenvalue weighted by molar-refractivity contribution is 9.11. The molecule has 0 N–H and O–H groups in total. The van der Waals surface area contributed by atoms with Crippen LogP contribution in [0.2, 0.25) is 0 Å². The normalized spacial score (nSPS) is 12.0. The molecule has 0 amide bonds. The molecule has 2 aromatic rings. The summed E-state index contributed by atoms with van der Waals surface area (Å²) < 4.78 is 12.8. The van der Waals surface area contributed by atoms with Crippen molar-refractivity contribution in [3.63, 3.8) is 0 Å². The van der Waals surface area contributed by atoms with Gasteiger partial charge in [-0.1, -0.05) is 59.9 Å². The lowest BCUT2D eigenvalue weighted by Crippen LogP contribution is -1.99. The molecule has 0 radical (unpaired) electrons. The maximum Gasteiger partial charge on any atom is 0.161 e. The highest BCUT2D eigenvalue weighted by Crippen LogP contribution is 2.40. The Bertz CT molecular complexity index is 629. The number of benzene rings is 2. The summed E-state index contributed by atoms with van der Waals surface area (Å²) in [5.41, 5.74) is 2.39. The number of rotatable bonds is 5. The summed E-state index contributed by atoms with van der Waals surface area (Å²) in [5, 5.41) is 0. The first-order valence-corrected chi connectivity index (χ1v) is 8.85. The van der Waals surface area contributed by atoms with Crippen LogP contribution in [0.4, 0.5) is 0 Å². The zero-order valence-electron chi connectivity index (χ0n) is 11.7. The van der Waals surface area contributed by atoms with Crippen molar-refractivity contribution >= 4 is 47.8 Å².